The van der Waals surface area contributed by atoms with Gasteiger partial charge in [-0.1, -0.05) is 67.6 Å². The first-order valence-electron chi connectivity index (χ1n) is 12.3. The third kappa shape index (κ3) is 7.73. The SMILES string of the molecule is COc1ccnc(C(=O)C[C@@H](C)C(=O)O[C@@H](C)[C@@H](c2ccccc2)S(=O)(=O)Cc2ccccc2)c1OC(C)=O. The molecule has 0 fully saturated rings. The molecule has 10 heteroatoms. The van der Waals surface area contributed by atoms with Gasteiger partial charge in [0.25, 0.3) is 0 Å². The van der Waals surface area contributed by atoms with Gasteiger partial charge < -0.3 is 14.2 Å². The molecule has 1 aromatic heterocycles. The lowest BCUT2D eigenvalue weighted by atomic mass is 10.0. The number of carbonyl (C=O) groups excluding carboxylic acids is 3. The summed E-state index contributed by atoms with van der Waals surface area (Å²) in [5, 5.41) is -1.12. The summed E-state index contributed by atoms with van der Waals surface area (Å²) in [6, 6.07) is 18.8. The van der Waals surface area contributed by atoms with Gasteiger partial charge in [0.2, 0.25) is 5.75 Å². The lowest BCUT2D eigenvalue weighted by molar-refractivity contribution is -0.152. The van der Waals surface area contributed by atoms with Gasteiger partial charge in [-0.15, -0.1) is 0 Å². The maximum absolute atomic E-state index is 13.5. The number of esters is 2. The summed E-state index contributed by atoms with van der Waals surface area (Å²) >= 11 is 0. The minimum Gasteiger partial charge on any atom is -0.493 e. The second-order valence-electron chi connectivity index (χ2n) is 9.08. The molecule has 0 amide bonds. The van der Waals surface area contributed by atoms with Crippen LogP contribution in [-0.2, 0) is 29.9 Å². The molecule has 0 aliphatic rings. The van der Waals surface area contributed by atoms with Gasteiger partial charge in [-0.2, -0.15) is 0 Å². The standard InChI is InChI=1S/C29H31NO8S/c1-19(17-24(32)26-27(38-21(3)31)25(36-4)15-16-30-26)29(33)37-20(2)28(23-13-9-6-10-14-23)39(34,35)18-22-11-7-5-8-12-22/h5-16,19-20,28H,17-18H2,1-4H3/t19-,20+,28+/m1/s1. The van der Waals surface area contributed by atoms with Gasteiger partial charge in [0.1, 0.15) is 11.4 Å². The van der Waals surface area contributed by atoms with E-state index in [2.05, 4.69) is 4.98 Å². The lowest BCUT2D eigenvalue weighted by Gasteiger charge is -2.26. The number of rotatable bonds is 12. The van der Waals surface area contributed by atoms with Crippen LogP contribution in [0.4, 0.5) is 0 Å². The van der Waals surface area contributed by atoms with Crippen LogP contribution in [-0.4, -0.2) is 44.3 Å². The van der Waals surface area contributed by atoms with Crippen molar-refractivity contribution in [2.75, 3.05) is 7.11 Å². The van der Waals surface area contributed by atoms with E-state index >= 15 is 0 Å². The highest BCUT2D eigenvalue weighted by atomic mass is 32.2. The van der Waals surface area contributed by atoms with E-state index in [-0.39, 0.29) is 29.4 Å². The first kappa shape index (κ1) is 29.5. The number of sulfone groups is 1. The Hall–Kier alpha value is -4.05. The van der Waals surface area contributed by atoms with Gasteiger partial charge in [-0.25, -0.2) is 13.4 Å². The summed E-state index contributed by atoms with van der Waals surface area (Å²) in [5.74, 6) is -3.15. The van der Waals surface area contributed by atoms with Crippen molar-refractivity contribution < 1.29 is 37.0 Å². The van der Waals surface area contributed by atoms with Gasteiger partial charge in [-0.3, -0.25) is 14.4 Å². The van der Waals surface area contributed by atoms with Gasteiger partial charge in [0, 0.05) is 25.6 Å². The van der Waals surface area contributed by atoms with Crippen LogP contribution in [0.25, 0.3) is 0 Å². The number of methoxy groups -OCH3 is 1. The minimum atomic E-state index is -3.81. The molecule has 0 spiro atoms. The number of ketones is 1. The van der Waals surface area contributed by atoms with Gasteiger partial charge in [0.15, 0.2) is 27.1 Å². The Bertz CT molecular complexity index is 1410. The smallest absolute Gasteiger partial charge is 0.309 e. The van der Waals surface area contributed by atoms with E-state index in [4.69, 9.17) is 14.2 Å². The molecule has 0 saturated heterocycles. The first-order valence-corrected chi connectivity index (χ1v) is 14.0. The minimum absolute atomic E-state index is 0.136. The monoisotopic (exact) mass is 553 g/mol. The van der Waals surface area contributed by atoms with Crippen LogP contribution in [0, 0.1) is 5.92 Å². The number of pyridine rings is 1. The zero-order chi connectivity index (χ0) is 28.6. The van der Waals surface area contributed by atoms with Crippen LogP contribution in [0.1, 0.15) is 54.1 Å². The summed E-state index contributed by atoms with van der Waals surface area (Å²) in [7, 11) is -2.45. The van der Waals surface area contributed by atoms with Crippen LogP contribution >= 0.6 is 0 Å². The fourth-order valence-corrected chi connectivity index (χ4v) is 6.21. The fourth-order valence-electron chi connectivity index (χ4n) is 4.16. The number of carbonyl (C=O) groups is 3. The van der Waals surface area contributed by atoms with Crippen LogP contribution in [0.5, 0.6) is 11.5 Å². The zero-order valence-electron chi connectivity index (χ0n) is 22.2. The van der Waals surface area contributed by atoms with E-state index in [1.807, 2.05) is 0 Å². The van der Waals surface area contributed by atoms with Crippen LogP contribution in [0.15, 0.2) is 72.9 Å². The molecule has 3 rings (SSSR count). The third-order valence-corrected chi connectivity index (χ3v) is 8.11. The Kier molecular flexibility index (Phi) is 9.95. The molecule has 0 unspecified atom stereocenters. The normalized spacial score (nSPS) is 13.5. The highest BCUT2D eigenvalue weighted by Gasteiger charge is 2.36. The van der Waals surface area contributed by atoms with E-state index in [1.54, 1.807) is 60.7 Å². The Labute approximate surface area is 228 Å². The second kappa shape index (κ2) is 13.1. The van der Waals surface area contributed by atoms with Crippen molar-refractivity contribution in [1.82, 2.24) is 4.98 Å². The van der Waals surface area contributed by atoms with Crippen molar-refractivity contribution in [2.24, 2.45) is 5.92 Å². The molecule has 0 saturated carbocycles. The van der Waals surface area contributed by atoms with E-state index in [9.17, 15) is 22.8 Å². The summed E-state index contributed by atoms with van der Waals surface area (Å²) < 4.78 is 43.0. The maximum atomic E-state index is 13.5. The quantitative estimate of drug-likeness (QED) is 0.235. The fraction of sp³-hybridized carbons (Fsp3) is 0.310. The van der Waals surface area contributed by atoms with Crippen LogP contribution in [0.3, 0.4) is 0 Å². The number of Topliss-reactive ketones (excluding diaryl/α,β-unsaturated/α-hetero) is 1. The van der Waals surface area contributed by atoms with Gasteiger partial charge in [0.05, 0.1) is 18.8 Å². The Morgan fingerprint density at radius 1 is 0.923 bits per heavy atom. The number of aromatic nitrogens is 1. The largest absolute Gasteiger partial charge is 0.493 e. The predicted molar refractivity (Wildman–Crippen MR) is 144 cm³/mol. The second-order valence-corrected chi connectivity index (χ2v) is 11.2. The Morgan fingerprint density at radius 2 is 1.54 bits per heavy atom. The molecule has 0 radical (unpaired) electrons. The summed E-state index contributed by atoms with van der Waals surface area (Å²) in [6.07, 6.45) is -0.0310. The molecule has 1 heterocycles. The number of ether oxygens (including phenoxy) is 3. The molecule has 206 valence electrons. The van der Waals surface area contributed by atoms with Crippen molar-refractivity contribution in [3.05, 3.63) is 89.7 Å². The number of hydrogen-bond acceptors (Lipinski definition) is 9. The topological polar surface area (TPSA) is 126 Å². The Balaban J connectivity index is 1.79. The molecule has 3 atom stereocenters. The van der Waals surface area contributed by atoms with E-state index in [0.717, 1.165) is 0 Å². The number of hydrogen-bond donors (Lipinski definition) is 0. The number of benzene rings is 2. The molecular formula is C29H31NO8S. The predicted octanol–water partition coefficient (Wildman–Crippen LogP) is 4.51. The van der Waals surface area contributed by atoms with Gasteiger partial charge in [-0.05, 0) is 18.1 Å². The van der Waals surface area contributed by atoms with Crippen LogP contribution in [0.2, 0.25) is 0 Å². The average molecular weight is 554 g/mol. The van der Waals surface area contributed by atoms with Crippen LogP contribution < -0.4 is 9.47 Å². The van der Waals surface area contributed by atoms with Crippen molar-refractivity contribution in [3.63, 3.8) is 0 Å². The van der Waals surface area contributed by atoms with Gasteiger partial charge >= 0.3 is 11.9 Å². The molecular weight excluding hydrogens is 522 g/mol. The number of nitrogens with zero attached hydrogens (tertiary/aromatic N) is 1. The molecule has 0 aliphatic carbocycles. The molecule has 2 aromatic carbocycles. The summed E-state index contributed by atoms with van der Waals surface area (Å²) in [5.41, 5.74) is 0.944. The van der Waals surface area contributed by atoms with Crippen molar-refractivity contribution in [2.45, 2.75) is 44.3 Å². The van der Waals surface area contributed by atoms with E-state index in [1.165, 1.54) is 40.1 Å². The zero-order valence-corrected chi connectivity index (χ0v) is 23.0. The van der Waals surface area contributed by atoms with E-state index in [0.29, 0.717) is 11.1 Å². The highest BCUT2D eigenvalue weighted by molar-refractivity contribution is 7.90. The first-order chi connectivity index (χ1) is 18.5. The van der Waals surface area contributed by atoms with Crippen molar-refractivity contribution in [1.29, 1.82) is 0 Å². The molecule has 9 nitrogen and oxygen atoms in total. The third-order valence-electron chi connectivity index (χ3n) is 5.95. The van der Waals surface area contributed by atoms with E-state index < -0.39 is 44.8 Å². The lowest BCUT2D eigenvalue weighted by Crippen LogP contribution is -2.32. The highest BCUT2D eigenvalue weighted by Crippen LogP contribution is 2.33. The Morgan fingerprint density at radius 3 is 2.13 bits per heavy atom. The van der Waals surface area contributed by atoms with Crippen molar-refractivity contribution in [3.8, 4) is 11.5 Å². The molecule has 39 heavy (non-hydrogen) atoms. The summed E-state index contributed by atoms with van der Waals surface area (Å²) in [6.45, 7) is 4.20. The molecule has 0 bridgehead atoms. The maximum Gasteiger partial charge on any atom is 0.309 e. The molecule has 0 aliphatic heterocycles. The molecule has 3 aromatic rings. The summed E-state index contributed by atoms with van der Waals surface area (Å²) in [4.78, 5) is 41.6. The average Bonchev–Trinajstić information content (AvgIpc) is 2.89. The molecule has 0 N–H and O–H groups in total. The van der Waals surface area contributed by atoms with Crippen molar-refractivity contribution >= 4 is 27.6 Å².